The van der Waals surface area contributed by atoms with Crippen LogP contribution in [-0.2, 0) is 17.7 Å². The Balaban J connectivity index is 1.46. The standard InChI is InChI=1S/C21H25N3OS/c1-2-6-18(7-3-1)10-11-24-20-9-5-4-8-19(20)22-21(24)26-17-14-23-12-15-25-16-13-23/h1-9H,10-17H2. The molecule has 26 heavy (non-hydrogen) atoms. The maximum atomic E-state index is 5.43. The topological polar surface area (TPSA) is 30.3 Å². The number of hydrogen-bond acceptors (Lipinski definition) is 4. The van der Waals surface area contributed by atoms with Crippen molar-refractivity contribution in [2.45, 2.75) is 18.1 Å². The molecule has 0 radical (unpaired) electrons. The van der Waals surface area contributed by atoms with Crippen molar-refractivity contribution in [3.8, 4) is 0 Å². The van der Waals surface area contributed by atoms with E-state index in [1.165, 1.54) is 11.1 Å². The lowest BCUT2D eigenvalue weighted by Gasteiger charge is -2.26. The quantitative estimate of drug-likeness (QED) is 0.596. The van der Waals surface area contributed by atoms with Crippen LogP contribution in [0.15, 0.2) is 59.8 Å². The summed E-state index contributed by atoms with van der Waals surface area (Å²) < 4.78 is 7.81. The van der Waals surface area contributed by atoms with E-state index in [-0.39, 0.29) is 0 Å². The number of nitrogens with zero attached hydrogens (tertiary/aromatic N) is 3. The Hall–Kier alpha value is -1.82. The molecule has 0 bridgehead atoms. The number of imidazole rings is 1. The Labute approximate surface area is 159 Å². The molecule has 4 rings (SSSR count). The van der Waals surface area contributed by atoms with Crippen molar-refractivity contribution in [1.29, 1.82) is 0 Å². The van der Waals surface area contributed by atoms with Crippen molar-refractivity contribution in [3.63, 3.8) is 0 Å². The molecule has 1 aliphatic heterocycles. The average Bonchev–Trinajstić information content (AvgIpc) is 3.05. The molecule has 1 fully saturated rings. The van der Waals surface area contributed by atoms with Crippen LogP contribution in [0, 0.1) is 0 Å². The van der Waals surface area contributed by atoms with Gasteiger partial charge in [-0.3, -0.25) is 4.90 Å². The van der Waals surface area contributed by atoms with E-state index in [4.69, 9.17) is 9.72 Å². The van der Waals surface area contributed by atoms with Crippen molar-refractivity contribution in [3.05, 3.63) is 60.2 Å². The van der Waals surface area contributed by atoms with Crippen LogP contribution in [-0.4, -0.2) is 53.1 Å². The van der Waals surface area contributed by atoms with Gasteiger partial charge in [0.15, 0.2) is 5.16 Å². The van der Waals surface area contributed by atoms with E-state index in [1.807, 2.05) is 11.8 Å². The molecule has 0 saturated carbocycles. The number of morpholine rings is 1. The zero-order chi connectivity index (χ0) is 17.6. The van der Waals surface area contributed by atoms with E-state index in [9.17, 15) is 0 Å². The second-order valence-electron chi connectivity index (χ2n) is 6.57. The summed E-state index contributed by atoms with van der Waals surface area (Å²) in [6.07, 6.45) is 1.03. The zero-order valence-electron chi connectivity index (χ0n) is 15.0. The van der Waals surface area contributed by atoms with Crippen LogP contribution in [0.4, 0.5) is 0 Å². The van der Waals surface area contributed by atoms with Crippen molar-refractivity contribution < 1.29 is 4.74 Å². The molecule has 136 valence electrons. The molecule has 1 saturated heterocycles. The average molecular weight is 368 g/mol. The Morgan fingerprint density at radius 2 is 1.69 bits per heavy atom. The van der Waals surface area contributed by atoms with Gasteiger partial charge in [0.1, 0.15) is 0 Å². The van der Waals surface area contributed by atoms with E-state index < -0.39 is 0 Å². The molecule has 0 spiro atoms. The minimum absolute atomic E-state index is 0.861. The highest BCUT2D eigenvalue weighted by Crippen LogP contribution is 2.24. The third kappa shape index (κ3) is 4.29. The first-order chi connectivity index (χ1) is 12.9. The Morgan fingerprint density at radius 1 is 0.923 bits per heavy atom. The molecule has 0 atom stereocenters. The van der Waals surface area contributed by atoms with Gasteiger partial charge >= 0.3 is 0 Å². The van der Waals surface area contributed by atoms with E-state index in [0.717, 1.165) is 62.2 Å². The predicted octanol–water partition coefficient (Wildman–Crippen LogP) is 3.70. The van der Waals surface area contributed by atoms with Gasteiger partial charge in [-0.1, -0.05) is 54.2 Å². The summed E-state index contributed by atoms with van der Waals surface area (Å²) in [5.41, 5.74) is 3.70. The molecule has 2 aromatic carbocycles. The third-order valence-electron chi connectivity index (χ3n) is 4.83. The molecule has 5 heteroatoms. The van der Waals surface area contributed by atoms with Crippen molar-refractivity contribution in [2.24, 2.45) is 0 Å². The van der Waals surface area contributed by atoms with E-state index in [2.05, 4.69) is 64.1 Å². The molecule has 2 heterocycles. The first-order valence-corrected chi connectivity index (χ1v) is 10.3. The molecule has 4 nitrogen and oxygen atoms in total. The van der Waals surface area contributed by atoms with Gasteiger partial charge in [-0.25, -0.2) is 4.98 Å². The third-order valence-corrected chi connectivity index (χ3v) is 5.79. The highest BCUT2D eigenvalue weighted by molar-refractivity contribution is 7.99. The lowest BCUT2D eigenvalue weighted by atomic mass is 10.1. The predicted molar refractivity (Wildman–Crippen MR) is 108 cm³/mol. The lowest BCUT2D eigenvalue weighted by molar-refractivity contribution is 0.0410. The van der Waals surface area contributed by atoms with Gasteiger partial charge in [-0.15, -0.1) is 0 Å². The Morgan fingerprint density at radius 3 is 2.54 bits per heavy atom. The van der Waals surface area contributed by atoms with Crippen molar-refractivity contribution in [1.82, 2.24) is 14.5 Å². The largest absolute Gasteiger partial charge is 0.379 e. The normalized spacial score (nSPS) is 15.5. The molecule has 0 N–H and O–H groups in total. The van der Waals surface area contributed by atoms with Crippen LogP contribution in [0.1, 0.15) is 5.56 Å². The summed E-state index contributed by atoms with van der Waals surface area (Å²) >= 11 is 1.87. The molecule has 0 amide bonds. The summed E-state index contributed by atoms with van der Waals surface area (Å²) in [6, 6.07) is 19.2. The second kappa shape index (κ2) is 8.71. The fraction of sp³-hybridized carbons (Fsp3) is 0.381. The first-order valence-electron chi connectivity index (χ1n) is 9.32. The number of aromatic nitrogens is 2. The molecule has 3 aromatic rings. The SMILES string of the molecule is c1ccc(CCn2c(SCCN3CCOCC3)nc3ccccc32)cc1. The van der Waals surface area contributed by atoms with E-state index in [0.29, 0.717) is 0 Å². The van der Waals surface area contributed by atoms with Crippen molar-refractivity contribution in [2.75, 3.05) is 38.6 Å². The van der Waals surface area contributed by atoms with Crippen LogP contribution in [0.25, 0.3) is 11.0 Å². The first kappa shape index (κ1) is 17.6. The maximum Gasteiger partial charge on any atom is 0.169 e. The molecule has 1 aliphatic rings. The van der Waals surface area contributed by atoms with Crippen LogP contribution in [0.2, 0.25) is 0 Å². The van der Waals surface area contributed by atoms with E-state index in [1.54, 1.807) is 0 Å². The van der Waals surface area contributed by atoms with Gasteiger partial charge in [0.25, 0.3) is 0 Å². The van der Waals surface area contributed by atoms with Gasteiger partial charge in [-0.2, -0.15) is 0 Å². The van der Waals surface area contributed by atoms with Gasteiger partial charge in [0.05, 0.1) is 24.2 Å². The van der Waals surface area contributed by atoms with Crippen molar-refractivity contribution >= 4 is 22.8 Å². The molecule has 0 unspecified atom stereocenters. The molecule has 0 aliphatic carbocycles. The van der Waals surface area contributed by atoms with Crippen LogP contribution in [0.3, 0.4) is 0 Å². The number of ether oxygens (including phenoxy) is 1. The maximum absolute atomic E-state index is 5.43. The zero-order valence-corrected chi connectivity index (χ0v) is 15.8. The number of rotatable bonds is 7. The summed E-state index contributed by atoms with van der Waals surface area (Å²) in [5, 5.41) is 1.13. The highest BCUT2D eigenvalue weighted by atomic mass is 32.2. The summed E-state index contributed by atoms with van der Waals surface area (Å²) in [7, 11) is 0. The number of fused-ring (bicyclic) bond motifs is 1. The summed E-state index contributed by atoms with van der Waals surface area (Å²) in [5.74, 6) is 1.06. The Kier molecular flexibility index (Phi) is 5.89. The fourth-order valence-corrected chi connectivity index (χ4v) is 4.40. The van der Waals surface area contributed by atoms with Gasteiger partial charge in [0.2, 0.25) is 0 Å². The minimum Gasteiger partial charge on any atom is -0.379 e. The smallest absolute Gasteiger partial charge is 0.169 e. The van der Waals surface area contributed by atoms with Gasteiger partial charge < -0.3 is 9.30 Å². The Bertz CT molecular complexity index is 828. The lowest BCUT2D eigenvalue weighted by Crippen LogP contribution is -2.37. The summed E-state index contributed by atoms with van der Waals surface area (Å²) in [4.78, 5) is 7.37. The molecular formula is C21H25N3OS. The van der Waals surface area contributed by atoms with E-state index >= 15 is 0 Å². The highest BCUT2D eigenvalue weighted by Gasteiger charge is 2.13. The molecule has 1 aromatic heterocycles. The van der Waals surface area contributed by atoms with Gasteiger partial charge in [-0.05, 0) is 24.1 Å². The number of benzene rings is 2. The number of aryl methyl sites for hydroxylation is 2. The second-order valence-corrected chi connectivity index (χ2v) is 7.63. The van der Waals surface area contributed by atoms with Crippen LogP contribution < -0.4 is 0 Å². The van der Waals surface area contributed by atoms with Crippen LogP contribution >= 0.6 is 11.8 Å². The number of thioether (sulfide) groups is 1. The summed E-state index contributed by atoms with van der Waals surface area (Å²) in [6.45, 7) is 5.87. The number of hydrogen-bond donors (Lipinski definition) is 0. The van der Waals surface area contributed by atoms with Gasteiger partial charge in [0, 0.05) is 31.9 Å². The monoisotopic (exact) mass is 367 g/mol. The fourth-order valence-electron chi connectivity index (χ4n) is 3.36. The molecular weight excluding hydrogens is 342 g/mol. The van der Waals surface area contributed by atoms with Crippen LogP contribution in [0.5, 0.6) is 0 Å². The minimum atomic E-state index is 0.861. The number of para-hydroxylation sites is 2.